The van der Waals surface area contributed by atoms with E-state index in [4.69, 9.17) is 15.2 Å². The summed E-state index contributed by atoms with van der Waals surface area (Å²) in [6.45, 7) is 6.01. The minimum atomic E-state index is -4.80. The van der Waals surface area contributed by atoms with Gasteiger partial charge in [0.25, 0.3) is 5.91 Å². The molecule has 0 aliphatic rings. The molecule has 0 unspecified atom stereocenters. The van der Waals surface area contributed by atoms with Crippen molar-refractivity contribution in [2.24, 2.45) is 0 Å². The molecule has 11 heteroatoms. The third-order valence-electron chi connectivity index (χ3n) is 3.61. The van der Waals surface area contributed by atoms with E-state index in [1.807, 2.05) is 0 Å². The number of nitrogen functional groups attached to an aromatic ring is 1. The Morgan fingerprint density at radius 1 is 1.03 bits per heavy atom. The summed E-state index contributed by atoms with van der Waals surface area (Å²) in [6, 6.07) is 0.776. The third-order valence-corrected chi connectivity index (χ3v) is 3.61. The molecule has 168 valence electrons. The second kappa shape index (κ2) is 10.3. The van der Waals surface area contributed by atoms with Crippen molar-refractivity contribution in [3.8, 4) is 0 Å². The first-order valence-corrected chi connectivity index (χ1v) is 9.05. The van der Waals surface area contributed by atoms with Crippen LogP contribution in [0.3, 0.4) is 0 Å². The number of nitrogens with one attached hydrogen (secondary N) is 1. The van der Waals surface area contributed by atoms with E-state index in [-0.39, 0.29) is 0 Å². The molecule has 1 rings (SSSR count). The fourth-order valence-electron chi connectivity index (χ4n) is 2.32. The van der Waals surface area contributed by atoms with Crippen LogP contribution in [0.4, 0.5) is 23.2 Å². The lowest BCUT2D eigenvalue weighted by Crippen LogP contribution is -2.45. The van der Waals surface area contributed by atoms with E-state index < -0.39 is 71.7 Å². The van der Waals surface area contributed by atoms with Gasteiger partial charge in [-0.05, 0) is 45.9 Å². The molecule has 0 aliphatic heterocycles. The van der Waals surface area contributed by atoms with Crippen LogP contribution in [0.15, 0.2) is 18.2 Å². The summed E-state index contributed by atoms with van der Waals surface area (Å²) in [5.74, 6) is -3.39. The Kier molecular flexibility index (Phi) is 8.61. The van der Waals surface area contributed by atoms with Gasteiger partial charge < -0.3 is 20.5 Å². The highest BCUT2D eigenvalue weighted by Crippen LogP contribution is 2.34. The molecule has 0 bridgehead atoms. The van der Waals surface area contributed by atoms with E-state index in [9.17, 15) is 31.9 Å². The van der Waals surface area contributed by atoms with Crippen molar-refractivity contribution in [1.82, 2.24) is 5.32 Å². The van der Waals surface area contributed by atoms with Crippen molar-refractivity contribution in [3.63, 3.8) is 0 Å². The number of carbonyl (C=O) groups excluding carboxylic acids is 3. The highest BCUT2D eigenvalue weighted by molar-refractivity contribution is 5.97. The van der Waals surface area contributed by atoms with Crippen LogP contribution in [0.5, 0.6) is 0 Å². The number of hydrogen-bond donors (Lipinski definition) is 2. The lowest BCUT2D eigenvalue weighted by molar-refractivity contribution is -0.156. The predicted octanol–water partition coefficient (Wildman–Crippen LogP) is 3.02. The molecule has 1 aromatic carbocycles. The van der Waals surface area contributed by atoms with Crippen LogP contribution in [0.1, 0.15) is 50.0 Å². The third kappa shape index (κ3) is 7.53. The summed E-state index contributed by atoms with van der Waals surface area (Å²) in [7, 11) is 0. The minimum Gasteiger partial charge on any atom is -0.461 e. The van der Waals surface area contributed by atoms with Crippen molar-refractivity contribution in [2.45, 2.75) is 64.7 Å². The molecule has 0 radical (unpaired) electrons. The van der Waals surface area contributed by atoms with Gasteiger partial charge in [0, 0.05) is 17.7 Å². The maximum absolute atomic E-state index is 14.2. The van der Waals surface area contributed by atoms with Crippen molar-refractivity contribution in [1.29, 1.82) is 0 Å². The van der Waals surface area contributed by atoms with E-state index >= 15 is 0 Å². The number of rotatable bonds is 8. The number of ether oxygens (including phenoxy) is 2. The van der Waals surface area contributed by atoms with E-state index in [0.29, 0.717) is 6.07 Å². The number of benzene rings is 1. The molecule has 3 N–H and O–H groups in total. The molecule has 0 fully saturated rings. The van der Waals surface area contributed by atoms with Crippen molar-refractivity contribution >= 4 is 23.5 Å². The number of hydrogen-bond acceptors (Lipinski definition) is 6. The van der Waals surface area contributed by atoms with Gasteiger partial charge in [0.2, 0.25) is 0 Å². The Bertz CT molecular complexity index is 781. The molecular weight excluding hydrogens is 412 g/mol. The largest absolute Gasteiger partial charge is 0.461 e. The fraction of sp³-hybridized carbons (Fsp3) is 0.526. The minimum absolute atomic E-state index is 0.459. The molecule has 1 aromatic rings. The Labute approximate surface area is 170 Å². The van der Waals surface area contributed by atoms with Crippen LogP contribution in [-0.2, 0) is 25.2 Å². The molecule has 0 spiro atoms. The lowest BCUT2D eigenvalue weighted by atomic mass is 10.1. The van der Waals surface area contributed by atoms with E-state index in [2.05, 4.69) is 5.32 Å². The van der Waals surface area contributed by atoms with Crippen molar-refractivity contribution in [3.05, 3.63) is 29.3 Å². The highest BCUT2D eigenvalue weighted by atomic mass is 19.4. The highest BCUT2D eigenvalue weighted by Gasteiger charge is 2.35. The predicted molar refractivity (Wildman–Crippen MR) is 99.1 cm³/mol. The van der Waals surface area contributed by atoms with Gasteiger partial charge in [-0.1, -0.05) is 0 Å². The molecule has 1 amide bonds. The van der Waals surface area contributed by atoms with Gasteiger partial charge in [-0.25, -0.2) is 14.0 Å². The summed E-state index contributed by atoms with van der Waals surface area (Å²) in [4.78, 5) is 36.3. The van der Waals surface area contributed by atoms with Gasteiger partial charge in [-0.2, -0.15) is 13.2 Å². The number of halogens is 4. The van der Waals surface area contributed by atoms with Crippen LogP contribution in [0, 0.1) is 0 Å². The number of esters is 2. The van der Waals surface area contributed by atoms with Crippen molar-refractivity contribution < 1.29 is 41.4 Å². The molecule has 30 heavy (non-hydrogen) atoms. The lowest BCUT2D eigenvalue weighted by Gasteiger charge is -2.21. The number of nitrogens with two attached hydrogens (primary N) is 1. The van der Waals surface area contributed by atoms with Crippen LogP contribution in [0.2, 0.25) is 0 Å². The first-order chi connectivity index (χ1) is 13.7. The van der Waals surface area contributed by atoms with Gasteiger partial charge in [-0.3, -0.25) is 4.79 Å². The molecule has 0 aromatic heterocycles. The number of anilines is 1. The average Bonchev–Trinajstić information content (AvgIpc) is 2.58. The van der Waals surface area contributed by atoms with Crippen LogP contribution >= 0.6 is 0 Å². The maximum Gasteiger partial charge on any atom is 0.418 e. The van der Waals surface area contributed by atoms with E-state index in [1.165, 1.54) is 27.7 Å². The second-order valence-corrected chi connectivity index (χ2v) is 7.00. The molecule has 0 heterocycles. The summed E-state index contributed by atoms with van der Waals surface area (Å²) in [5, 5.41) is 2.11. The summed E-state index contributed by atoms with van der Waals surface area (Å²) < 4.78 is 62.9. The Hall–Kier alpha value is -2.85. The van der Waals surface area contributed by atoms with Gasteiger partial charge in [0.15, 0.2) is 6.17 Å². The zero-order valence-corrected chi connectivity index (χ0v) is 16.9. The molecule has 0 saturated heterocycles. The monoisotopic (exact) mass is 436 g/mol. The number of carbonyl (C=O) groups is 3. The first-order valence-electron chi connectivity index (χ1n) is 9.05. The van der Waals surface area contributed by atoms with Gasteiger partial charge in [0.1, 0.15) is 6.04 Å². The summed E-state index contributed by atoms with van der Waals surface area (Å²) in [6.07, 6.45) is -9.12. The average molecular weight is 436 g/mol. The molecule has 7 nitrogen and oxygen atoms in total. The van der Waals surface area contributed by atoms with Crippen molar-refractivity contribution in [2.75, 3.05) is 5.73 Å². The Balaban J connectivity index is 3.07. The SMILES string of the molecule is CC(C)OC(=O)[C@H](C[C@H](F)C(=O)OC(C)C)NC(=O)c1ccc(N)c(C(F)(F)F)c1. The van der Waals surface area contributed by atoms with E-state index in [0.717, 1.165) is 12.1 Å². The Morgan fingerprint density at radius 3 is 2.07 bits per heavy atom. The fourth-order valence-corrected chi connectivity index (χ4v) is 2.32. The topological polar surface area (TPSA) is 108 Å². The van der Waals surface area contributed by atoms with Gasteiger partial charge in [0.05, 0.1) is 17.8 Å². The molecular formula is C19H24F4N2O5. The van der Waals surface area contributed by atoms with Crippen LogP contribution < -0.4 is 11.1 Å². The summed E-state index contributed by atoms with van der Waals surface area (Å²) in [5.41, 5.74) is 3.01. The number of alkyl halides is 4. The van der Waals surface area contributed by atoms with Gasteiger partial charge >= 0.3 is 18.1 Å². The zero-order valence-electron chi connectivity index (χ0n) is 16.9. The molecule has 0 aliphatic carbocycles. The normalized spacial score (nSPS) is 13.7. The second-order valence-electron chi connectivity index (χ2n) is 7.00. The first kappa shape index (κ1) is 25.2. The summed E-state index contributed by atoms with van der Waals surface area (Å²) >= 11 is 0. The molecule has 2 atom stereocenters. The molecule has 0 saturated carbocycles. The van der Waals surface area contributed by atoms with Gasteiger partial charge in [-0.15, -0.1) is 0 Å². The van der Waals surface area contributed by atoms with Crippen LogP contribution in [-0.4, -0.2) is 42.3 Å². The standard InChI is InChI=1S/C19H24F4N2O5/c1-9(2)29-17(27)13(20)8-15(18(28)30-10(3)4)25-16(26)11-5-6-14(24)12(7-11)19(21,22)23/h5-7,9-10,13,15H,8,24H2,1-4H3,(H,25,26)/t13-,15-/m0/s1. The quantitative estimate of drug-likeness (QED) is 0.369. The maximum atomic E-state index is 14.2. The zero-order chi connectivity index (χ0) is 23.2. The van der Waals surface area contributed by atoms with Crippen LogP contribution in [0.25, 0.3) is 0 Å². The Morgan fingerprint density at radius 2 is 1.57 bits per heavy atom. The smallest absolute Gasteiger partial charge is 0.418 e. The van der Waals surface area contributed by atoms with E-state index in [1.54, 1.807) is 0 Å². The number of amides is 1.